The van der Waals surface area contributed by atoms with Crippen LogP contribution in [0.2, 0.25) is 0 Å². The molecule has 1 fully saturated rings. The van der Waals surface area contributed by atoms with E-state index in [0.29, 0.717) is 38.4 Å². The second-order valence-electron chi connectivity index (χ2n) is 6.02. The van der Waals surface area contributed by atoms with Gasteiger partial charge in [-0.15, -0.1) is 0 Å². The van der Waals surface area contributed by atoms with Crippen molar-refractivity contribution < 1.29 is 12.9 Å². The van der Waals surface area contributed by atoms with Crippen LogP contribution in [0.5, 0.6) is 0 Å². The lowest BCUT2D eigenvalue weighted by atomic mass is 10.2. The number of guanidine groups is 1. The molecule has 0 atom stereocenters. The van der Waals surface area contributed by atoms with Crippen molar-refractivity contribution in [3.8, 4) is 0 Å². The van der Waals surface area contributed by atoms with Gasteiger partial charge in [0.05, 0.1) is 5.69 Å². The number of aromatic nitrogens is 1. The van der Waals surface area contributed by atoms with Crippen LogP contribution < -0.4 is 5.32 Å². The first-order chi connectivity index (χ1) is 12.6. The number of hydrogen-bond donors (Lipinski definition) is 1. The molecule has 2 heterocycles. The zero-order chi connectivity index (χ0) is 18.4. The smallest absolute Gasteiger partial charge is 0.220 e. The van der Waals surface area contributed by atoms with Crippen molar-refractivity contribution in [1.29, 1.82) is 0 Å². The second-order valence-corrected chi connectivity index (χ2v) is 7.99. The fraction of sp³-hybridized carbons (Fsp3) is 0.412. The van der Waals surface area contributed by atoms with Crippen LogP contribution in [-0.2, 0) is 22.3 Å². The van der Waals surface area contributed by atoms with Gasteiger partial charge in [0.2, 0.25) is 10.0 Å². The van der Waals surface area contributed by atoms with Crippen molar-refractivity contribution >= 4 is 16.0 Å². The molecule has 0 aliphatic carbocycles. The predicted molar refractivity (Wildman–Crippen MR) is 98.9 cm³/mol. The molecule has 1 aliphatic heterocycles. The van der Waals surface area contributed by atoms with Gasteiger partial charge in [-0.3, -0.25) is 4.99 Å². The largest absolute Gasteiger partial charge is 0.364 e. The summed E-state index contributed by atoms with van der Waals surface area (Å²) in [6, 6.07) is 11.7. The highest BCUT2D eigenvalue weighted by atomic mass is 32.2. The van der Waals surface area contributed by atoms with Gasteiger partial charge in [-0.25, -0.2) is 8.42 Å². The van der Waals surface area contributed by atoms with E-state index < -0.39 is 10.0 Å². The summed E-state index contributed by atoms with van der Waals surface area (Å²) in [5.74, 6) is 0.646. The highest BCUT2D eigenvalue weighted by molar-refractivity contribution is 7.88. The van der Waals surface area contributed by atoms with Gasteiger partial charge in [0.25, 0.3) is 0 Å². The maximum atomic E-state index is 12.5. The van der Waals surface area contributed by atoms with Crippen LogP contribution in [0, 0.1) is 0 Å². The molecule has 8 nitrogen and oxygen atoms in total. The number of rotatable bonds is 5. The summed E-state index contributed by atoms with van der Waals surface area (Å²) in [7, 11) is -1.66. The second kappa shape index (κ2) is 8.33. The first kappa shape index (κ1) is 18.4. The number of nitrogens with zero attached hydrogens (tertiary/aromatic N) is 4. The highest BCUT2D eigenvalue weighted by Gasteiger charge is 2.28. The predicted octanol–water partition coefficient (Wildman–Crippen LogP) is 0.898. The van der Waals surface area contributed by atoms with E-state index in [1.807, 2.05) is 18.2 Å². The summed E-state index contributed by atoms with van der Waals surface area (Å²) in [5.41, 5.74) is 1.59. The lowest BCUT2D eigenvalue weighted by Crippen LogP contribution is -2.53. The number of benzene rings is 1. The summed E-state index contributed by atoms with van der Waals surface area (Å²) in [4.78, 5) is 6.39. The molecule has 0 unspecified atom stereocenters. The molecular formula is C17H23N5O3S. The molecule has 1 saturated heterocycles. The average molecular weight is 377 g/mol. The molecule has 0 amide bonds. The van der Waals surface area contributed by atoms with Crippen molar-refractivity contribution in [2.75, 3.05) is 33.2 Å². The minimum absolute atomic E-state index is 0.134. The van der Waals surface area contributed by atoms with Gasteiger partial charge in [-0.1, -0.05) is 35.5 Å². The van der Waals surface area contributed by atoms with Gasteiger partial charge in [-0.2, -0.15) is 4.31 Å². The van der Waals surface area contributed by atoms with Crippen LogP contribution >= 0.6 is 0 Å². The normalized spacial score (nSPS) is 16.7. The molecule has 0 bridgehead atoms. The number of sulfonamides is 1. The zero-order valence-electron chi connectivity index (χ0n) is 14.7. The van der Waals surface area contributed by atoms with E-state index >= 15 is 0 Å². The van der Waals surface area contributed by atoms with Crippen LogP contribution in [0.4, 0.5) is 0 Å². The van der Waals surface area contributed by atoms with Gasteiger partial charge in [0.15, 0.2) is 5.96 Å². The Morgan fingerprint density at radius 2 is 1.92 bits per heavy atom. The number of aliphatic imine (C=N–C) groups is 1. The van der Waals surface area contributed by atoms with Gasteiger partial charge < -0.3 is 14.7 Å². The fourth-order valence-electron chi connectivity index (χ4n) is 2.88. The molecule has 140 valence electrons. The SMILES string of the molecule is CN=C(NCc1ccccc1)N1CCN(S(=O)(=O)Cc2ccon2)CC1. The molecule has 0 spiro atoms. The Kier molecular flexibility index (Phi) is 5.89. The number of piperazine rings is 1. The first-order valence-corrected chi connectivity index (χ1v) is 10.1. The van der Waals surface area contributed by atoms with Crippen molar-refractivity contribution in [2.45, 2.75) is 12.3 Å². The summed E-state index contributed by atoms with van der Waals surface area (Å²) in [5, 5.41) is 7.02. The van der Waals surface area contributed by atoms with Crippen LogP contribution in [0.25, 0.3) is 0 Å². The fourth-order valence-corrected chi connectivity index (χ4v) is 4.30. The van der Waals surface area contributed by atoms with Crippen molar-refractivity contribution in [3.05, 3.63) is 53.9 Å². The van der Waals surface area contributed by atoms with E-state index in [4.69, 9.17) is 4.52 Å². The molecule has 0 saturated carbocycles. The van der Waals surface area contributed by atoms with Gasteiger partial charge in [0, 0.05) is 45.8 Å². The van der Waals surface area contributed by atoms with Crippen LogP contribution in [0.3, 0.4) is 0 Å². The Morgan fingerprint density at radius 3 is 2.54 bits per heavy atom. The maximum Gasteiger partial charge on any atom is 0.220 e. The molecule has 1 N–H and O–H groups in total. The third-order valence-corrected chi connectivity index (χ3v) is 6.07. The Bertz CT molecular complexity index is 813. The quantitative estimate of drug-likeness (QED) is 0.615. The molecular weight excluding hydrogens is 354 g/mol. The molecule has 26 heavy (non-hydrogen) atoms. The number of hydrogen-bond acceptors (Lipinski definition) is 5. The van der Waals surface area contributed by atoms with E-state index in [9.17, 15) is 8.42 Å². The van der Waals surface area contributed by atoms with E-state index in [1.54, 1.807) is 13.1 Å². The molecule has 3 rings (SSSR count). The minimum atomic E-state index is -3.39. The lowest BCUT2D eigenvalue weighted by molar-refractivity contribution is 0.259. The molecule has 2 aromatic rings. The summed E-state index contributed by atoms with van der Waals surface area (Å²) in [6.07, 6.45) is 1.38. The molecule has 1 aliphatic rings. The van der Waals surface area contributed by atoms with E-state index in [2.05, 4.69) is 32.5 Å². The van der Waals surface area contributed by atoms with Gasteiger partial charge in [0.1, 0.15) is 12.0 Å². The van der Waals surface area contributed by atoms with Gasteiger partial charge in [-0.05, 0) is 5.56 Å². The Labute approximate surface area is 153 Å². The van der Waals surface area contributed by atoms with E-state index in [0.717, 1.165) is 5.96 Å². The van der Waals surface area contributed by atoms with Crippen molar-refractivity contribution in [1.82, 2.24) is 19.7 Å². The minimum Gasteiger partial charge on any atom is -0.364 e. The molecule has 0 radical (unpaired) electrons. The standard InChI is InChI=1S/C17H23N5O3S/c1-18-17(19-13-15-5-3-2-4-6-15)21-8-10-22(11-9-21)26(23,24)14-16-7-12-25-20-16/h2-7,12H,8-11,13-14H2,1H3,(H,18,19). The number of nitrogens with one attached hydrogen (secondary N) is 1. The Balaban J connectivity index is 1.53. The van der Waals surface area contributed by atoms with Crippen LogP contribution in [-0.4, -0.2) is 62.0 Å². The monoisotopic (exact) mass is 377 g/mol. The highest BCUT2D eigenvalue weighted by Crippen LogP contribution is 2.13. The topological polar surface area (TPSA) is 91.0 Å². The molecule has 1 aromatic heterocycles. The summed E-state index contributed by atoms with van der Waals surface area (Å²) < 4.78 is 31.2. The lowest BCUT2D eigenvalue weighted by Gasteiger charge is -2.35. The van der Waals surface area contributed by atoms with E-state index in [1.165, 1.54) is 16.1 Å². The van der Waals surface area contributed by atoms with Crippen molar-refractivity contribution in [3.63, 3.8) is 0 Å². The summed E-state index contributed by atoms with van der Waals surface area (Å²) in [6.45, 7) is 2.70. The summed E-state index contributed by atoms with van der Waals surface area (Å²) >= 11 is 0. The third kappa shape index (κ3) is 4.61. The van der Waals surface area contributed by atoms with E-state index in [-0.39, 0.29) is 5.75 Å². The third-order valence-electron chi connectivity index (χ3n) is 4.26. The maximum absolute atomic E-state index is 12.5. The van der Waals surface area contributed by atoms with Crippen LogP contribution in [0.15, 0.2) is 52.2 Å². The van der Waals surface area contributed by atoms with Crippen LogP contribution in [0.1, 0.15) is 11.3 Å². The average Bonchev–Trinajstić information content (AvgIpc) is 3.16. The molecule has 1 aromatic carbocycles. The molecule has 9 heteroatoms. The Morgan fingerprint density at radius 1 is 1.19 bits per heavy atom. The first-order valence-electron chi connectivity index (χ1n) is 8.45. The zero-order valence-corrected chi connectivity index (χ0v) is 15.5. The Hall–Kier alpha value is -2.39. The van der Waals surface area contributed by atoms with Crippen molar-refractivity contribution in [2.24, 2.45) is 4.99 Å². The van der Waals surface area contributed by atoms with Gasteiger partial charge >= 0.3 is 0 Å².